The minimum atomic E-state index is -3.10. The molecule has 0 aliphatic heterocycles. The van der Waals surface area contributed by atoms with Crippen molar-refractivity contribution in [3.8, 4) is 0 Å². The molecule has 0 saturated heterocycles. The maximum absolute atomic E-state index is 11.2. The Morgan fingerprint density at radius 3 is 2.93 bits per heavy atom. The van der Waals surface area contributed by atoms with Crippen molar-refractivity contribution in [1.29, 1.82) is 0 Å². The Morgan fingerprint density at radius 2 is 2.36 bits per heavy atom. The summed E-state index contributed by atoms with van der Waals surface area (Å²) < 4.78 is 24.9. The first-order chi connectivity index (χ1) is 6.64. The molecule has 0 aromatic carbocycles. The van der Waals surface area contributed by atoms with E-state index in [1.807, 2.05) is 6.92 Å². The molecule has 80 valence electrons. The van der Waals surface area contributed by atoms with Gasteiger partial charge in [-0.1, -0.05) is 6.92 Å². The van der Waals surface area contributed by atoms with E-state index in [0.717, 1.165) is 0 Å². The van der Waals surface area contributed by atoms with Crippen molar-refractivity contribution in [2.45, 2.75) is 19.8 Å². The first-order valence-electron chi connectivity index (χ1n) is 4.45. The van der Waals surface area contributed by atoms with Crippen LogP contribution < -0.4 is 4.72 Å². The van der Waals surface area contributed by atoms with E-state index in [0.29, 0.717) is 25.2 Å². The number of H-pyrrole nitrogens is 1. The summed E-state index contributed by atoms with van der Waals surface area (Å²) in [6.07, 6.45) is 2.55. The summed E-state index contributed by atoms with van der Waals surface area (Å²) in [5.74, 6) is 0.854. The van der Waals surface area contributed by atoms with Gasteiger partial charge in [-0.2, -0.15) is 5.10 Å². The van der Waals surface area contributed by atoms with Gasteiger partial charge in [-0.3, -0.25) is 5.10 Å². The quantitative estimate of drug-likeness (QED) is 0.684. The third-order valence-electron chi connectivity index (χ3n) is 1.62. The van der Waals surface area contributed by atoms with E-state index >= 15 is 0 Å². The molecule has 0 bridgehead atoms. The molecule has 0 aliphatic carbocycles. The predicted molar refractivity (Wildman–Crippen MR) is 52.2 cm³/mol. The zero-order chi connectivity index (χ0) is 10.4. The van der Waals surface area contributed by atoms with E-state index in [-0.39, 0.29) is 5.75 Å². The number of nitrogens with zero attached hydrogens (tertiary/aromatic N) is 2. The fraction of sp³-hybridized carbons (Fsp3) is 0.714. The highest BCUT2D eigenvalue weighted by molar-refractivity contribution is 7.89. The van der Waals surface area contributed by atoms with Crippen molar-refractivity contribution >= 4 is 10.0 Å². The van der Waals surface area contributed by atoms with Gasteiger partial charge >= 0.3 is 0 Å². The number of nitrogens with one attached hydrogen (secondary N) is 2. The second-order valence-corrected chi connectivity index (χ2v) is 4.82. The van der Waals surface area contributed by atoms with Gasteiger partial charge < -0.3 is 0 Å². The number of aromatic amines is 1. The normalized spacial score (nSPS) is 11.8. The van der Waals surface area contributed by atoms with E-state index in [4.69, 9.17) is 0 Å². The fourth-order valence-corrected chi connectivity index (χ4v) is 2.11. The van der Waals surface area contributed by atoms with Crippen LogP contribution in [0, 0.1) is 0 Å². The molecular weight excluding hydrogens is 204 g/mol. The van der Waals surface area contributed by atoms with Crippen LogP contribution in [0.25, 0.3) is 0 Å². The van der Waals surface area contributed by atoms with Gasteiger partial charge in [0.1, 0.15) is 12.2 Å². The molecule has 0 unspecified atom stereocenters. The molecule has 1 aromatic rings. The molecule has 0 radical (unpaired) electrons. The second kappa shape index (κ2) is 5.06. The zero-order valence-electron chi connectivity index (χ0n) is 8.02. The van der Waals surface area contributed by atoms with Gasteiger partial charge in [-0.05, 0) is 6.42 Å². The van der Waals surface area contributed by atoms with Gasteiger partial charge in [0.2, 0.25) is 10.0 Å². The van der Waals surface area contributed by atoms with Crippen molar-refractivity contribution in [3.63, 3.8) is 0 Å². The summed E-state index contributed by atoms with van der Waals surface area (Å²) in [6.45, 7) is 2.19. The summed E-state index contributed by atoms with van der Waals surface area (Å²) >= 11 is 0. The highest BCUT2D eigenvalue weighted by atomic mass is 32.2. The molecule has 7 heteroatoms. The maximum Gasteiger partial charge on any atom is 0.211 e. The van der Waals surface area contributed by atoms with Gasteiger partial charge in [0.25, 0.3) is 0 Å². The average Bonchev–Trinajstić information content (AvgIpc) is 2.56. The van der Waals surface area contributed by atoms with Crippen LogP contribution in [-0.4, -0.2) is 35.9 Å². The third-order valence-corrected chi connectivity index (χ3v) is 3.21. The molecule has 0 spiro atoms. The monoisotopic (exact) mass is 218 g/mol. The van der Waals surface area contributed by atoms with Crippen LogP contribution in [0.1, 0.15) is 19.2 Å². The Bertz CT molecular complexity index is 346. The Labute approximate surface area is 83.2 Å². The Morgan fingerprint density at radius 1 is 1.57 bits per heavy atom. The molecule has 0 fully saturated rings. The molecule has 0 aliphatic rings. The van der Waals surface area contributed by atoms with Crippen molar-refractivity contribution in [3.05, 3.63) is 12.2 Å². The van der Waals surface area contributed by atoms with Crippen LogP contribution in [0.3, 0.4) is 0 Å². The van der Waals surface area contributed by atoms with Crippen molar-refractivity contribution < 1.29 is 8.42 Å². The molecule has 1 heterocycles. The SMILES string of the molecule is CCCS(=O)(=O)NCCc1ncn[nH]1. The standard InChI is InChI=1S/C7H14N4O2S/c1-2-5-14(12,13)10-4-3-7-8-6-9-11-7/h6,10H,2-5H2,1H3,(H,8,9,11). The molecule has 1 rings (SSSR count). The average molecular weight is 218 g/mol. The molecule has 6 nitrogen and oxygen atoms in total. The predicted octanol–water partition coefficient (Wildman–Crippen LogP) is -0.323. The van der Waals surface area contributed by atoms with Crippen molar-refractivity contribution in [2.75, 3.05) is 12.3 Å². The first-order valence-corrected chi connectivity index (χ1v) is 6.11. The van der Waals surface area contributed by atoms with Crippen LogP contribution in [-0.2, 0) is 16.4 Å². The van der Waals surface area contributed by atoms with E-state index < -0.39 is 10.0 Å². The highest BCUT2D eigenvalue weighted by Crippen LogP contribution is 1.90. The van der Waals surface area contributed by atoms with Gasteiger partial charge in [0.15, 0.2) is 0 Å². The first kappa shape index (κ1) is 11.1. The third kappa shape index (κ3) is 3.84. The minimum Gasteiger partial charge on any atom is -0.263 e. The fourth-order valence-electron chi connectivity index (χ4n) is 1.02. The van der Waals surface area contributed by atoms with Gasteiger partial charge in [-0.15, -0.1) is 0 Å². The smallest absolute Gasteiger partial charge is 0.211 e. The number of aromatic nitrogens is 3. The van der Waals surface area contributed by atoms with Crippen LogP contribution >= 0.6 is 0 Å². The molecule has 1 aromatic heterocycles. The number of hydrogen-bond donors (Lipinski definition) is 2. The summed E-state index contributed by atoms with van der Waals surface area (Å²) in [5.41, 5.74) is 0. The van der Waals surface area contributed by atoms with Crippen LogP contribution in [0.5, 0.6) is 0 Å². The largest absolute Gasteiger partial charge is 0.263 e. The summed E-state index contributed by atoms with van der Waals surface area (Å²) in [7, 11) is -3.10. The molecule has 2 N–H and O–H groups in total. The molecule has 0 amide bonds. The highest BCUT2D eigenvalue weighted by Gasteiger charge is 2.07. The summed E-state index contributed by atoms with van der Waals surface area (Å²) in [6, 6.07) is 0. The lowest BCUT2D eigenvalue weighted by molar-refractivity contribution is 0.579. The minimum absolute atomic E-state index is 0.170. The van der Waals surface area contributed by atoms with E-state index in [1.165, 1.54) is 6.33 Å². The lowest BCUT2D eigenvalue weighted by Crippen LogP contribution is -2.28. The number of sulfonamides is 1. The summed E-state index contributed by atoms with van der Waals surface area (Å²) in [5, 5.41) is 6.32. The molecule has 14 heavy (non-hydrogen) atoms. The maximum atomic E-state index is 11.2. The van der Waals surface area contributed by atoms with Crippen molar-refractivity contribution in [1.82, 2.24) is 19.9 Å². The van der Waals surface area contributed by atoms with Crippen LogP contribution in [0.2, 0.25) is 0 Å². The van der Waals surface area contributed by atoms with E-state index in [9.17, 15) is 8.42 Å². The van der Waals surface area contributed by atoms with E-state index in [2.05, 4.69) is 19.9 Å². The van der Waals surface area contributed by atoms with Gasteiger partial charge in [0.05, 0.1) is 5.75 Å². The Balaban J connectivity index is 2.28. The topological polar surface area (TPSA) is 87.7 Å². The zero-order valence-corrected chi connectivity index (χ0v) is 8.84. The lowest BCUT2D eigenvalue weighted by atomic mass is 10.4. The van der Waals surface area contributed by atoms with Crippen LogP contribution in [0.15, 0.2) is 6.33 Å². The molecule has 0 atom stereocenters. The molecule has 0 saturated carbocycles. The van der Waals surface area contributed by atoms with Gasteiger partial charge in [0, 0.05) is 13.0 Å². The second-order valence-electron chi connectivity index (χ2n) is 2.90. The van der Waals surface area contributed by atoms with Gasteiger partial charge in [-0.25, -0.2) is 18.1 Å². The Kier molecular flexibility index (Phi) is 4.02. The molecular formula is C7H14N4O2S. The van der Waals surface area contributed by atoms with Crippen molar-refractivity contribution in [2.24, 2.45) is 0 Å². The number of hydrogen-bond acceptors (Lipinski definition) is 4. The lowest BCUT2D eigenvalue weighted by Gasteiger charge is -2.03. The number of rotatable bonds is 6. The Hall–Kier alpha value is -0.950. The van der Waals surface area contributed by atoms with E-state index in [1.54, 1.807) is 0 Å². The van der Waals surface area contributed by atoms with Crippen LogP contribution in [0.4, 0.5) is 0 Å². The summed E-state index contributed by atoms with van der Waals surface area (Å²) in [4.78, 5) is 3.88.